The van der Waals surface area contributed by atoms with Crippen molar-refractivity contribution < 1.29 is 4.74 Å². The van der Waals surface area contributed by atoms with Crippen LogP contribution in [0.1, 0.15) is 5.56 Å². The minimum Gasteiger partial charge on any atom is -0.495 e. The van der Waals surface area contributed by atoms with Gasteiger partial charge >= 0.3 is 0 Å². The number of piperazine rings is 1. The molecule has 0 unspecified atom stereocenters. The van der Waals surface area contributed by atoms with E-state index in [2.05, 4.69) is 26.1 Å². The van der Waals surface area contributed by atoms with Crippen LogP contribution in [0.15, 0.2) is 53.9 Å². The molecule has 5 nitrogen and oxygen atoms in total. The molecule has 1 saturated heterocycles. The lowest BCUT2D eigenvalue weighted by atomic mass is 10.2. The summed E-state index contributed by atoms with van der Waals surface area (Å²) in [5.41, 5.74) is 2.23. The summed E-state index contributed by atoms with van der Waals surface area (Å²) in [6, 6.07) is 12.1. The zero-order valence-electron chi connectivity index (χ0n) is 13.1. The monoisotopic (exact) mass is 332 g/mol. The van der Waals surface area contributed by atoms with Crippen molar-refractivity contribution in [2.45, 2.75) is 0 Å². The number of methoxy groups -OCH3 is 1. The third-order valence-corrected chi connectivity index (χ3v) is 3.76. The molecule has 1 aliphatic rings. The van der Waals surface area contributed by atoms with Crippen LogP contribution < -0.4 is 9.64 Å². The molecule has 0 N–H and O–H groups in total. The molecule has 6 heteroatoms. The normalized spacial score (nSPS) is 14.7. The van der Waals surface area contributed by atoms with Crippen LogP contribution in [0.2, 0.25) is 0 Å². The van der Waals surface area contributed by atoms with Crippen molar-refractivity contribution in [3.05, 3.63) is 54.4 Å². The quantitative estimate of drug-likeness (QED) is 0.807. The first kappa shape index (κ1) is 17.1. The number of rotatable bonds is 4. The topological polar surface area (TPSA) is 41.0 Å². The molecule has 0 spiro atoms. The largest absolute Gasteiger partial charge is 0.495 e. The summed E-state index contributed by atoms with van der Waals surface area (Å²) in [5, 5.41) is 6.65. The van der Waals surface area contributed by atoms with Crippen molar-refractivity contribution in [1.29, 1.82) is 0 Å². The number of pyridine rings is 1. The van der Waals surface area contributed by atoms with Crippen molar-refractivity contribution in [2.75, 3.05) is 38.2 Å². The second-order valence-corrected chi connectivity index (χ2v) is 5.14. The summed E-state index contributed by atoms with van der Waals surface area (Å²) in [6.07, 6.45) is 5.45. The van der Waals surface area contributed by atoms with Crippen LogP contribution in [0.25, 0.3) is 0 Å². The van der Waals surface area contributed by atoms with Gasteiger partial charge in [0.15, 0.2) is 0 Å². The van der Waals surface area contributed by atoms with E-state index < -0.39 is 0 Å². The highest BCUT2D eigenvalue weighted by atomic mass is 35.5. The van der Waals surface area contributed by atoms with Crippen molar-refractivity contribution in [3.8, 4) is 5.75 Å². The van der Waals surface area contributed by atoms with Gasteiger partial charge in [0.2, 0.25) is 0 Å². The standard InChI is InChI=1S/C17H20N4O.ClH/c1-22-17-5-3-2-4-16(17)20-10-12-21(13-11-20)19-14-15-6-8-18-9-7-15;/h2-9,14H,10-13H2,1H3;1H. The Hall–Kier alpha value is -2.27. The lowest BCUT2D eigenvalue weighted by Gasteiger charge is -2.35. The van der Waals surface area contributed by atoms with E-state index in [9.17, 15) is 0 Å². The fraction of sp³-hybridized carbons (Fsp3) is 0.294. The molecule has 0 atom stereocenters. The number of ether oxygens (including phenoxy) is 1. The lowest BCUT2D eigenvalue weighted by Crippen LogP contribution is -2.44. The van der Waals surface area contributed by atoms with E-state index in [0.717, 1.165) is 43.2 Å². The van der Waals surface area contributed by atoms with Gasteiger partial charge in [-0.2, -0.15) is 5.10 Å². The highest BCUT2D eigenvalue weighted by Gasteiger charge is 2.18. The molecule has 0 bridgehead atoms. The maximum atomic E-state index is 5.44. The fourth-order valence-electron chi connectivity index (χ4n) is 2.54. The van der Waals surface area contributed by atoms with Crippen LogP contribution in [-0.4, -0.2) is 49.5 Å². The van der Waals surface area contributed by atoms with Crippen LogP contribution in [-0.2, 0) is 0 Å². The van der Waals surface area contributed by atoms with Gasteiger partial charge in [0.1, 0.15) is 5.75 Å². The van der Waals surface area contributed by atoms with E-state index in [1.165, 1.54) is 0 Å². The number of hydrogen-bond acceptors (Lipinski definition) is 5. The van der Waals surface area contributed by atoms with E-state index in [0.29, 0.717) is 0 Å². The third-order valence-electron chi connectivity index (χ3n) is 3.76. The maximum absolute atomic E-state index is 5.44. The van der Waals surface area contributed by atoms with Gasteiger partial charge in [0, 0.05) is 25.5 Å². The number of hydrogen-bond donors (Lipinski definition) is 0. The molecule has 23 heavy (non-hydrogen) atoms. The SMILES string of the molecule is COc1ccccc1N1CCN(N=Cc2ccncc2)CC1.Cl. The molecule has 122 valence electrons. The number of hydrazone groups is 1. The molecule has 0 amide bonds. The first-order valence-corrected chi connectivity index (χ1v) is 7.44. The van der Waals surface area contributed by atoms with Crippen molar-refractivity contribution in [2.24, 2.45) is 5.10 Å². The zero-order chi connectivity index (χ0) is 15.2. The van der Waals surface area contributed by atoms with Crippen LogP contribution in [0.5, 0.6) is 5.75 Å². The van der Waals surface area contributed by atoms with Gasteiger partial charge in [-0.05, 0) is 29.8 Å². The molecule has 1 aromatic heterocycles. The Balaban J connectivity index is 0.00000192. The first-order chi connectivity index (χ1) is 10.9. The maximum Gasteiger partial charge on any atom is 0.142 e. The average molecular weight is 333 g/mol. The molecule has 0 radical (unpaired) electrons. The van der Waals surface area contributed by atoms with E-state index in [-0.39, 0.29) is 12.4 Å². The molecule has 1 fully saturated rings. The summed E-state index contributed by atoms with van der Waals surface area (Å²) in [7, 11) is 1.72. The van der Waals surface area contributed by atoms with Crippen LogP contribution in [0.4, 0.5) is 5.69 Å². The third kappa shape index (κ3) is 4.36. The van der Waals surface area contributed by atoms with E-state index in [4.69, 9.17) is 4.74 Å². The Morgan fingerprint density at radius 1 is 1.04 bits per heavy atom. The van der Waals surface area contributed by atoms with Gasteiger partial charge in [-0.15, -0.1) is 12.4 Å². The Morgan fingerprint density at radius 3 is 2.43 bits per heavy atom. The number of aromatic nitrogens is 1. The van der Waals surface area contributed by atoms with Gasteiger partial charge in [0.05, 0.1) is 32.1 Å². The van der Waals surface area contributed by atoms with Crippen LogP contribution >= 0.6 is 12.4 Å². The molecule has 3 rings (SSSR count). The molecule has 2 heterocycles. The predicted molar refractivity (Wildman–Crippen MR) is 95.9 cm³/mol. The summed E-state index contributed by atoms with van der Waals surface area (Å²) in [4.78, 5) is 6.35. The fourth-order valence-corrected chi connectivity index (χ4v) is 2.54. The van der Waals surface area contributed by atoms with Crippen LogP contribution in [0, 0.1) is 0 Å². The predicted octanol–water partition coefficient (Wildman–Crippen LogP) is 2.67. The van der Waals surface area contributed by atoms with E-state index >= 15 is 0 Å². The lowest BCUT2D eigenvalue weighted by molar-refractivity contribution is 0.271. The summed E-state index contributed by atoms with van der Waals surface area (Å²) >= 11 is 0. The number of anilines is 1. The Labute approximate surface area is 143 Å². The Morgan fingerprint density at radius 2 is 1.74 bits per heavy atom. The number of nitrogens with zero attached hydrogens (tertiary/aromatic N) is 4. The molecule has 0 saturated carbocycles. The summed E-state index contributed by atoms with van der Waals surface area (Å²) in [5.74, 6) is 0.927. The van der Waals surface area contributed by atoms with Crippen molar-refractivity contribution >= 4 is 24.3 Å². The molecular weight excluding hydrogens is 312 g/mol. The van der Waals surface area contributed by atoms with Gasteiger partial charge in [-0.1, -0.05) is 12.1 Å². The number of benzene rings is 1. The van der Waals surface area contributed by atoms with E-state index in [1.54, 1.807) is 19.5 Å². The Kier molecular flexibility index (Phi) is 6.23. The van der Waals surface area contributed by atoms with Gasteiger partial charge in [-0.3, -0.25) is 9.99 Å². The smallest absolute Gasteiger partial charge is 0.142 e. The van der Waals surface area contributed by atoms with Crippen molar-refractivity contribution in [1.82, 2.24) is 9.99 Å². The molecule has 1 aliphatic heterocycles. The first-order valence-electron chi connectivity index (χ1n) is 7.44. The Bertz CT molecular complexity index is 628. The molecule has 1 aromatic carbocycles. The second kappa shape index (κ2) is 8.39. The minimum atomic E-state index is 0. The van der Waals surface area contributed by atoms with Crippen molar-refractivity contribution in [3.63, 3.8) is 0 Å². The molecule has 0 aliphatic carbocycles. The van der Waals surface area contributed by atoms with Gasteiger partial charge < -0.3 is 9.64 Å². The second-order valence-electron chi connectivity index (χ2n) is 5.14. The zero-order valence-corrected chi connectivity index (χ0v) is 13.9. The van der Waals surface area contributed by atoms with Gasteiger partial charge in [-0.25, -0.2) is 0 Å². The highest BCUT2D eigenvalue weighted by Crippen LogP contribution is 2.28. The van der Waals surface area contributed by atoms with E-state index in [1.807, 2.05) is 36.5 Å². The molecule has 2 aromatic rings. The summed E-state index contributed by atoms with van der Waals surface area (Å²) < 4.78 is 5.44. The highest BCUT2D eigenvalue weighted by molar-refractivity contribution is 5.85. The van der Waals surface area contributed by atoms with Crippen LogP contribution in [0.3, 0.4) is 0 Å². The minimum absolute atomic E-state index is 0. The number of halogens is 1. The van der Waals surface area contributed by atoms with Gasteiger partial charge in [0.25, 0.3) is 0 Å². The average Bonchev–Trinajstić information content (AvgIpc) is 2.61. The number of para-hydroxylation sites is 2. The molecular formula is C17H21ClN4O. The summed E-state index contributed by atoms with van der Waals surface area (Å²) in [6.45, 7) is 3.68.